The minimum Gasteiger partial charge on any atom is -0.372 e. The van der Waals surface area contributed by atoms with Crippen LogP contribution >= 0.6 is 0 Å². The Morgan fingerprint density at radius 1 is 1.38 bits per heavy atom. The molecule has 0 aliphatic rings. The molecule has 0 aliphatic heterocycles. The zero-order valence-corrected chi connectivity index (χ0v) is 9.78. The number of hydrogen-bond donors (Lipinski definition) is 0. The van der Waals surface area contributed by atoms with Gasteiger partial charge in [0.15, 0.2) is 0 Å². The maximum Gasteiger partial charge on any atom is 0.103 e. The molecule has 82 valence electrons. The van der Waals surface area contributed by atoms with Crippen molar-refractivity contribution in [2.75, 3.05) is 18.5 Å². The lowest BCUT2D eigenvalue weighted by Gasteiger charge is -2.20. The molecule has 0 spiro atoms. The van der Waals surface area contributed by atoms with Crippen molar-refractivity contribution in [3.63, 3.8) is 0 Å². The first-order valence-electron chi connectivity index (χ1n) is 5.06. The molecule has 1 rings (SSSR count). The summed E-state index contributed by atoms with van der Waals surface area (Å²) in [6.07, 6.45) is 0.446. The van der Waals surface area contributed by atoms with Crippen LogP contribution in [-0.2, 0) is 0 Å². The minimum absolute atomic E-state index is 0.446. The fourth-order valence-corrected chi connectivity index (χ4v) is 1.59. The number of anilines is 1. The summed E-state index contributed by atoms with van der Waals surface area (Å²) in [5.41, 5.74) is 3.06. The quantitative estimate of drug-likeness (QED) is 0.771. The number of aromatic nitrogens is 1. The largest absolute Gasteiger partial charge is 0.372 e. The van der Waals surface area contributed by atoms with Crippen molar-refractivity contribution < 1.29 is 0 Å². The summed E-state index contributed by atoms with van der Waals surface area (Å²) in [6.45, 7) is 4.34. The Morgan fingerprint density at radius 3 is 2.62 bits per heavy atom. The lowest BCUT2D eigenvalue weighted by molar-refractivity contribution is 0.896. The lowest BCUT2D eigenvalue weighted by atomic mass is 10.1. The van der Waals surface area contributed by atoms with Crippen molar-refractivity contribution in [2.45, 2.75) is 20.3 Å². The first kappa shape index (κ1) is 12.0. The molecule has 4 heteroatoms. The van der Waals surface area contributed by atoms with Gasteiger partial charge in [-0.15, -0.1) is 0 Å². The zero-order valence-electron chi connectivity index (χ0n) is 9.78. The van der Waals surface area contributed by atoms with Crippen molar-refractivity contribution in [1.82, 2.24) is 4.98 Å². The molecule has 0 unspecified atom stereocenters. The summed E-state index contributed by atoms with van der Waals surface area (Å²) >= 11 is 0. The number of hydrogen-bond acceptors (Lipinski definition) is 4. The molecule has 0 saturated carbocycles. The molecule has 0 atom stereocenters. The van der Waals surface area contributed by atoms with Gasteiger partial charge in [0.2, 0.25) is 0 Å². The predicted octanol–water partition coefficient (Wildman–Crippen LogP) is 1.92. The Labute approximate surface area is 95.8 Å². The van der Waals surface area contributed by atoms with Crippen molar-refractivity contribution in [3.8, 4) is 12.1 Å². The van der Waals surface area contributed by atoms with E-state index in [4.69, 9.17) is 10.5 Å². The molecule has 0 saturated heterocycles. The number of nitrogens with zero attached hydrogens (tertiary/aromatic N) is 4. The number of nitriles is 2. The summed E-state index contributed by atoms with van der Waals surface area (Å²) in [4.78, 5) is 6.17. The first-order chi connectivity index (χ1) is 7.60. The second-order valence-corrected chi connectivity index (χ2v) is 3.68. The summed E-state index contributed by atoms with van der Waals surface area (Å²) in [5, 5.41) is 17.6. The van der Waals surface area contributed by atoms with E-state index in [1.807, 2.05) is 31.9 Å². The zero-order chi connectivity index (χ0) is 12.1. The second-order valence-electron chi connectivity index (χ2n) is 3.68. The van der Waals surface area contributed by atoms with E-state index in [2.05, 4.69) is 17.1 Å². The molecule has 0 N–H and O–H groups in total. The topological polar surface area (TPSA) is 63.7 Å². The van der Waals surface area contributed by atoms with Crippen LogP contribution in [0.25, 0.3) is 0 Å². The highest BCUT2D eigenvalue weighted by Crippen LogP contribution is 2.22. The number of pyridine rings is 1. The van der Waals surface area contributed by atoms with Gasteiger partial charge in [0.1, 0.15) is 6.07 Å². The highest BCUT2D eigenvalue weighted by atomic mass is 15.1. The van der Waals surface area contributed by atoms with Crippen molar-refractivity contribution in [2.24, 2.45) is 0 Å². The summed E-state index contributed by atoms with van der Waals surface area (Å²) < 4.78 is 0. The third-order valence-electron chi connectivity index (χ3n) is 2.39. The van der Waals surface area contributed by atoms with Crippen molar-refractivity contribution in [1.29, 1.82) is 10.5 Å². The predicted molar refractivity (Wildman–Crippen MR) is 61.9 cm³/mol. The van der Waals surface area contributed by atoms with E-state index in [0.717, 1.165) is 17.1 Å². The highest BCUT2D eigenvalue weighted by Gasteiger charge is 2.11. The van der Waals surface area contributed by atoms with Gasteiger partial charge in [-0.2, -0.15) is 10.5 Å². The van der Waals surface area contributed by atoms with Gasteiger partial charge in [0, 0.05) is 19.3 Å². The van der Waals surface area contributed by atoms with Gasteiger partial charge >= 0.3 is 0 Å². The molecule has 1 heterocycles. The minimum atomic E-state index is 0.446. The third-order valence-corrected chi connectivity index (χ3v) is 2.39. The van der Waals surface area contributed by atoms with Crippen LogP contribution in [0.2, 0.25) is 0 Å². The van der Waals surface area contributed by atoms with E-state index in [9.17, 15) is 0 Å². The van der Waals surface area contributed by atoms with Crippen LogP contribution in [0.4, 0.5) is 5.69 Å². The average Bonchev–Trinajstić information content (AvgIpc) is 2.24. The third kappa shape index (κ3) is 2.49. The normalized spacial score (nSPS) is 9.31. The average molecular weight is 214 g/mol. The van der Waals surface area contributed by atoms with Crippen LogP contribution in [0.3, 0.4) is 0 Å². The van der Waals surface area contributed by atoms with Crippen molar-refractivity contribution >= 4 is 5.69 Å². The maximum absolute atomic E-state index is 9.08. The Kier molecular flexibility index (Phi) is 3.85. The van der Waals surface area contributed by atoms with Gasteiger partial charge < -0.3 is 4.90 Å². The molecule has 0 radical (unpaired) electrons. The van der Waals surface area contributed by atoms with Gasteiger partial charge in [-0.05, 0) is 19.9 Å². The fraction of sp³-hybridized carbons (Fsp3) is 0.417. The van der Waals surface area contributed by atoms with Crippen LogP contribution in [0.15, 0.2) is 6.07 Å². The lowest BCUT2D eigenvalue weighted by Crippen LogP contribution is -2.20. The smallest absolute Gasteiger partial charge is 0.103 e. The van der Waals surface area contributed by atoms with E-state index >= 15 is 0 Å². The maximum atomic E-state index is 9.08. The Hall–Kier alpha value is -2.07. The summed E-state index contributed by atoms with van der Waals surface area (Å²) in [7, 11) is 1.88. The van der Waals surface area contributed by atoms with E-state index < -0.39 is 0 Å². The first-order valence-corrected chi connectivity index (χ1v) is 5.06. The SMILES string of the molecule is Cc1cc(N(C)CCC#N)c(C#N)c(C)n1. The van der Waals surface area contributed by atoms with Gasteiger partial charge in [0.05, 0.1) is 29.4 Å². The molecule has 4 nitrogen and oxygen atoms in total. The Morgan fingerprint density at radius 2 is 2.06 bits per heavy atom. The van der Waals surface area contributed by atoms with Gasteiger partial charge in [-0.1, -0.05) is 0 Å². The Balaban J connectivity index is 3.12. The molecular weight excluding hydrogens is 200 g/mol. The van der Waals surface area contributed by atoms with Crippen LogP contribution in [0.1, 0.15) is 23.4 Å². The standard InChI is InChI=1S/C12H14N4/c1-9-7-12(16(3)6-4-5-13)11(8-14)10(2)15-9/h7H,4,6H2,1-3H3. The van der Waals surface area contributed by atoms with E-state index in [0.29, 0.717) is 18.5 Å². The van der Waals surface area contributed by atoms with Crippen molar-refractivity contribution in [3.05, 3.63) is 23.0 Å². The number of aryl methyl sites for hydroxylation is 2. The van der Waals surface area contributed by atoms with Crippen LogP contribution < -0.4 is 4.90 Å². The van der Waals surface area contributed by atoms with Gasteiger partial charge in [0.25, 0.3) is 0 Å². The molecule has 0 aliphatic carbocycles. The number of rotatable bonds is 3. The molecule has 1 aromatic heterocycles. The molecule has 16 heavy (non-hydrogen) atoms. The highest BCUT2D eigenvalue weighted by molar-refractivity contribution is 5.61. The monoisotopic (exact) mass is 214 g/mol. The molecule has 0 amide bonds. The molecule has 0 aromatic carbocycles. The van der Waals surface area contributed by atoms with Gasteiger partial charge in [-0.25, -0.2) is 0 Å². The van der Waals surface area contributed by atoms with E-state index in [1.165, 1.54) is 0 Å². The molecule has 0 bridgehead atoms. The fourth-order valence-electron chi connectivity index (χ4n) is 1.59. The summed E-state index contributed by atoms with van der Waals surface area (Å²) in [5.74, 6) is 0. The molecule has 1 aromatic rings. The van der Waals surface area contributed by atoms with Crippen LogP contribution in [-0.4, -0.2) is 18.6 Å². The van der Waals surface area contributed by atoms with Crippen LogP contribution in [0.5, 0.6) is 0 Å². The summed E-state index contributed by atoms with van der Waals surface area (Å²) in [6, 6.07) is 6.13. The molecular formula is C12H14N4. The van der Waals surface area contributed by atoms with E-state index in [-0.39, 0.29) is 0 Å². The molecule has 0 fully saturated rings. The van der Waals surface area contributed by atoms with E-state index in [1.54, 1.807) is 0 Å². The second kappa shape index (κ2) is 5.14. The van der Waals surface area contributed by atoms with Crippen LogP contribution in [0, 0.1) is 36.5 Å². The van der Waals surface area contributed by atoms with Gasteiger partial charge in [-0.3, -0.25) is 4.98 Å². The Bertz CT molecular complexity index is 465.